The maximum atomic E-state index is 11.8. The van der Waals surface area contributed by atoms with Gasteiger partial charge in [0.05, 0.1) is 18.2 Å². The van der Waals surface area contributed by atoms with Crippen molar-refractivity contribution < 1.29 is 19.8 Å². The first-order valence-corrected chi connectivity index (χ1v) is 6.04. The molecule has 0 spiro atoms. The van der Waals surface area contributed by atoms with Crippen molar-refractivity contribution in [3.05, 3.63) is 0 Å². The third-order valence-corrected chi connectivity index (χ3v) is 3.46. The SMILES string of the molecule is O=C1CCC(C(=O)N[C@@H]2CCC[C@@H](O)[C@H]2O)N1. The van der Waals surface area contributed by atoms with Gasteiger partial charge in [-0.3, -0.25) is 9.59 Å². The van der Waals surface area contributed by atoms with E-state index < -0.39 is 24.3 Å². The van der Waals surface area contributed by atoms with E-state index in [9.17, 15) is 19.8 Å². The second-order valence-corrected chi connectivity index (χ2v) is 4.76. The molecule has 2 fully saturated rings. The van der Waals surface area contributed by atoms with Gasteiger partial charge in [-0.05, 0) is 25.7 Å². The zero-order valence-electron chi connectivity index (χ0n) is 9.56. The molecule has 2 rings (SSSR count). The number of nitrogens with one attached hydrogen (secondary N) is 2. The van der Waals surface area contributed by atoms with Crippen LogP contribution in [0.25, 0.3) is 0 Å². The summed E-state index contributed by atoms with van der Waals surface area (Å²) < 4.78 is 0. The molecule has 4 N–H and O–H groups in total. The van der Waals surface area contributed by atoms with E-state index in [1.54, 1.807) is 0 Å². The number of carbonyl (C=O) groups is 2. The Kier molecular flexibility index (Phi) is 3.63. The highest BCUT2D eigenvalue weighted by Crippen LogP contribution is 2.19. The second kappa shape index (κ2) is 5.01. The fourth-order valence-corrected chi connectivity index (χ4v) is 2.41. The van der Waals surface area contributed by atoms with Gasteiger partial charge < -0.3 is 20.8 Å². The van der Waals surface area contributed by atoms with Crippen molar-refractivity contribution in [2.45, 2.75) is 56.4 Å². The van der Waals surface area contributed by atoms with Gasteiger partial charge in [0.2, 0.25) is 11.8 Å². The molecule has 0 bridgehead atoms. The minimum absolute atomic E-state index is 0.116. The average Bonchev–Trinajstić information content (AvgIpc) is 2.72. The molecule has 1 aliphatic heterocycles. The number of hydrogen-bond acceptors (Lipinski definition) is 4. The summed E-state index contributed by atoms with van der Waals surface area (Å²) in [5.74, 6) is -0.386. The van der Waals surface area contributed by atoms with Gasteiger partial charge in [-0.2, -0.15) is 0 Å². The van der Waals surface area contributed by atoms with E-state index in [-0.39, 0.29) is 11.8 Å². The molecule has 1 saturated heterocycles. The number of carbonyl (C=O) groups excluding carboxylic acids is 2. The van der Waals surface area contributed by atoms with Crippen molar-refractivity contribution in [1.29, 1.82) is 0 Å². The van der Waals surface area contributed by atoms with E-state index in [0.29, 0.717) is 25.7 Å². The van der Waals surface area contributed by atoms with Gasteiger partial charge in [-0.1, -0.05) is 0 Å². The summed E-state index contributed by atoms with van der Waals surface area (Å²) in [6.45, 7) is 0. The minimum atomic E-state index is -0.912. The van der Waals surface area contributed by atoms with Gasteiger partial charge in [0.15, 0.2) is 0 Å². The first-order valence-electron chi connectivity index (χ1n) is 6.04. The Bertz CT molecular complexity index is 321. The molecule has 0 aromatic heterocycles. The summed E-state index contributed by atoms with van der Waals surface area (Å²) in [5.41, 5.74) is 0. The number of aliphatic hydroxyl groups is 2. The third-order valence-electron chi connectivity index (χ3n) is 3.46. The highest BCUT2D eigenvalue weighted by Gasteiger charge is 2.34. The molecule has 6 heteroatoms. The molecule has 6 nitrogen and oxygen atoms in total. The van der Waals surface area contributed by atoms with E-state index in [2.05, 4.69) is 10.6 Å². The molecule has 1 saturated carbocycles. The quantitative estimate of drug-likeness (QED) is 0.481. The molecule has 0 radical (unpaired) electrons. The largest absolute Gasteiger partial charge is 0.390 e. The van der Waals surface area contributed by atoms with Crippen LogP contribution in [-0.4, -0.2) is 46.3 Å². The van der Waals surface area contributed by atoms with Gasteiger partial charge in [-0.15, -0.1) is 0 Å². The molecule has 2 aliphatic rings. The summed E-state index contributed by atoms with van der Waals surface area (Å²) in [7, 11) is 0. The minimum Gasteiger partial charge on any atom is -0.390 e. The second-order valence-electron chi connectivity index (χ2n) is 4.76. The zero-order chi connectivity index (χ0) is 12.4. The Morgan fingerprint density at radius 3 is 2.71 bits per heavy atom. The lowest BCUT2D eigenvalue weighted by molar-refractivity contribution is -0.128. The topological polar surface area (TPSA) is 98.7 Å². The van der Waals surface area contributed by atoms with E-state index in [4.69, 9.17) is 0 Å². The molecule has 1 aliphatic carbocycles. The van der Waals surface area contributed by atoms with Gasteiger partial charge in [0, 0.05) is 6.42 Å². The van der Waals surface area contributed by atoms with Gasteiger partial charge in [0.25, 0.3) is 0 Å². The summed E-state index contributed by atoms with van der Waals surface area (Å²) in [6, 6.07) is -0.905. The summed E-state index contributed by atoms with van der Waals surface area (Å²) >= 11 is 0. The van der Waals surface area contributed by atoms with Crippen molar-refractivity contribution in [2.24, 2.45) is 0 Å². The van der Waals surface area contributed by atoms with E-state index >= 15 is 0 Å². The van der Waals surface area contributed by atoms with Crippen molar-refractivity contribution in [1.82, 2.24) is 10.6 Å². The first-order chi connectivity index (χ1) is 8.08. The molecule has 0 aromatic rings. The van der Waals surface area contributed by atoms with Crippen LogP contribution in [0.15, 0.2) is 0 Å². The molecule has 96 valence electrons. The predicted octanol–water partition coefficient (Wildman–Crippen LogP) is -1.34. The number of hydrogen-bond donors (Lipinski definition) is 4. The monoisotopic (exact) mass is 242 g/mol. The van der Waals surface area contributed by atoms with Crippen LogP contribution >= 0.6 is 0 Å². The van der Waals surface area contributed by atoms with Crippen LogP contribution in [0.1, 0.15) is 32.1 Å². The van der Waals surface area contributed by atoms with Crippen molar-refractivity contribution >= 4 is 11.8 Å². The van der Waals surface area contributed by atoms with Gasteiger partial charge >= 0.3 is 0 Å². The number of rotatable bonds is 2. The van der Waals surface area contributed by atoms with Crippen LogP contribution in [0.4, 0.5) is 0 Å². The molecule has 1 heterocycles. The number of amides is 2. The fourth-order valence-electron chi connectivity index (χ4n) is 2.41. The van der Waals surface area contributed by atoms with Crippen LogP contribution in [0.5, 0.6) is 0 Å². The first kappa shape index (κ1) is 12.3. The fraction of sp³-hybridized carbons (Fsp3) is 0.818. The van der Waals surface area contributed by atoms with Crippen molar-refractivity contribution in [2.75, 3.05) is 0 Å². The smallest absolute Gasteiger partial charge is 0.242 e. The lowest BCUT2D eigenvalue weighted by Crippen LogP contribution is -2.54. The molecule has 2 amide bonds. The van der Waals surface area contributed by atoms with E-state index in [1.165, 1.54) is 0 Å². The summed E-state index contributed by atoms with van der Waals surface area (Å²) in [4.78, 5) is 22.8. The van der Waals surface area contributed by atoms with E-state index in [0.717, 1.165) is 6.42 Å². The van der Waals surface area contributed by atoms with Crippen LogP contribution in [0.2, 0.25) is 0 Å². The van der Waals surface area contributed by atoms with Gasteiger partial charge in [-0.25, -0.2) is 0 Å². The molecule has 0 aromatic carbocycles. The highest BCUT2D eigenvalue weighted by atomic mass is 16.3. The lowest BCUT2D eigenvalue weighted by Gasteiger charge is -2.32. The van der Waals surface area contributed by atoms with Crippen molar-refractivity contribution in [3.63, 3.8) is 0 Å². The maximum Gasteiger partial charge on any atom is 0.242 e. The molecular weight excluding hydrogens is 224 g/mol. The molecular formula is C11H18N2O4. The Labute approximate surface area is 99.4 Å². The van der Waals surface area contributed by atoms with Crippen LogP contribution in [-0.2, 0) is 9.59 Å². The Balaban J connectivity index is 1.87. The van der Waals surface area contributed by atoms with Crippen LogP contribution in [0.3, 0.4) is 0 Å². The highest BCUT2D eigenvalue weighted by molar-refractivity contribution is 5.90. The summed E-state index contributed by atoms with van der Waals surface area (Å²) in [5, 5.41) is 24.5. The maximum absolute atomic E-state index is 11.8. The Morgan fingerprint density at radius 1 is 1.29 bits per heavy atom. The van der Waals surface area contributed by atoms with E-state index in [1.807, 2.05) is 0 Å². The third kappa shape index (κ3) is 2.76. The molecule has 17 heavy (non-hydrogen) atoms. The predicted molar refractivity (Wildman–Crippen MR) is 59.0 cm³/mol. The Morgan fingerprint density at radius 2 is 2.06 bits per heavy atom. The lowest BCUT2D eigenvalue weighted by atomic mass is 9.90. The van der Waals surface area contributed by atoms with Crippen molar-refractivity contribution in [3.8, 4) is 0 Å². The summed E-state index contributed by atoms with van der Waals surface area (Å²) in [6.07, 6.45) is 1.18. The molecule has 4 atom stereocenters. The normalized spacial score (nSPS) is 37.6. The zero-order valence-corrected chi connectivity index (χ0v) is 9.56. The standard InChI is InChI=1S/C11H18N2O4/c14-8-3-1-2-6(10(8)16)13-11(17)7-4-5-9(15)12-7/h6-8,10,14,16H,1-5H2,(H,12,15)(H,13,17)/t6-,7?,8-,10+/m1/s1. The van der Waals surface area contributed by atoms with Crippen LogP contribution < -0.4 is 10.6 Å². The Hall–Kier alpha value is -1.14. The average molecular weight is 242 g/mol. The number of aliphatic hydroxyl groups excluding tert-OH is 2. The van der Waals surface area contributed by atoms with Gasteiger partial charge in [0.1, 0.15) is 6.04 Å². The molecule has 1 unspecified atom stereocenters. The van der Waals surface area contributed by atoms with Crippen LogP contribution in [0, 0.1) is 0 Å².